The van der Waals surface area contributed by atoms with Crippen molar-refractivity contribution in [2.45, 2.75) is 13.0 Å². The molecule has 3 aromatic rings. The van der Waals surface area contributed by atoms with Gasteiger partial charge < -0.3 is 20.3 Å². The number of nitrogens with one attached hydrogen (secondary N) is 2. The lowest BCUT2D eigenvalue weighted by atomic mass is 10.1. The summed E-state index contributed by atoms with van der Waals surface area (Å²) in [4.78, 5) is 14.5. The summed E-state index contributed by atoms with van der Waals surface area (Å²) in [5.41, 5.74) is 2.48. The van der Waals surface area contributed by atoms with E-state index in [0.717, 1.165) is 17.0 Å². The van der Waals surface area contributed by atoms with Crippen LogP contribution >= 0.6 is 0 Å². The van der Waals surface area contributed by atoms with E-state index in [1.807, 2.05) is 69.6 Å². The minimum Gasteiger partial charge on any atom is -0.497 e. The van der Waals surface area contributed by atoms with Gasteiger partial charge in [0.15, 0.2) is 5.82 Å². The summed E-state index contributed by atoms with van der Waals surface area (Å²) < 4.78 is 6.91. The standard InChI is InChI=1S/C20H25N7O2/c1-14-23-24-25-27(14)17-9-6-8-16(12-17)22-20(28)21-13-19(26(2)3)15-7-5-10-18(11-15)29-4/h5-12,19H,13H2,1-4H3,(H2,21,22,28)/t19-/m0/s1. The minimum atomic E-state index is -0.287. The molecule has 152 valence electrons. The Bertz CT molecular complexity index is 971. The van der Waals surface area contributed by atoms with Crippen LogP contribution in [0.4, 0.5) is 10.5 Å². The first-order chi connectivity index (χ1) is 14.0. The molecule has 2 aromatic carbocycles. The second-order valence-corrected chi connectivity index (χ2v) is 6.78. The average molecular weight is 395 g/mol. The van der Waals surface area contributed by atoms with Gasteiger partial charge in [0.1, 0.15) is 5.75 Å². The first kappa shape index (κ1) is 20.3. The summed E-state index contributed by atoms with van der Waals surface area (Å²) in [5, 5.41) is 17.3. The highest BCUT2D eigenvalue weighted by molar-refractivity contribution is 5.89. The molecule has 0 spiro atoms. The molecule has 9 nitrogen and oxygen atoms in total. The van der Waals surface area contributed by atoms with Crippen LogP contribution < -0.4 is 15.4 Å². The molecule has 1 heterocycles. The number of ether oxygens (including phenoxy) is 1. The maximum Gasteiger partial charge on any atom is 0.319 e. The van der Waals surface area contributed by atoms with Crippen LogP contribution in [0.3, 0.4) is 0 Å². The van der Waals surface area contributed by atoms with Gasteiger partial charge in [-0.05, 0) is 67.3 Å². The normalized spacial score (nSPS) is 11.9. The fourth-order valence-corrected chi connectivity index (χ4v) is 3.00. The number of urea groups is 1. The van der Waals surface area contributed by atoms with Gasteiger partial charge in [-0.2, -0.15) is 4.68 Å². The van der Waals surface area contributed by atoms with Crippen LogP contribution in [-0.2, 0) is 0 Å². The maximum atomic E-state index is 12.4. The topological polar surface area (TPSA) is 97.2 Å². The van der Waals surface area contributed by atoms with Gasteiger partial charge in [0.2, 0.25) is 0 Å². The average Bonchev–Trinajstić information content (AvgIpc) is 3.14. The largest absolute Gasteiger partial charge is 0.497 e. The van der Waals surface area contributed by atoms with Gasteiger partial charge in [0.05, 0.1) is 18.8 Å². The lowest BCUT2D eigenvalue weighted by Crippen LogP contribution is -2.36. The van der Waals surface area contributed by atoms with E-state index < -0.39 is 0 Å². The van der Waals surface area contributed by atoms with Crippen molar-refractivity contribution in [2.24, 2.45) is 0 Å². The number of amides is 2. The number of hydrogen-bond acceptors (Lipinski definition) is 6. The summed E-state index contributed by atoms with van der Waals surface area (Å²) in [5.74, 6) is 1.45. The Balaban J connectivity index is 1.65. The summed E-state index contributed by atoms with van der Waals surface area (Å²) in [6.45, 7) is 2.25. The molecular formula is C20H25N7O2. The van der Waals surface area contributed by atoms with E-state index in [1.54, 1.807) is 11.8 Å². The predicted octanol–water partition coefficient (Wildman–Crippen LogP) is 2.40. The number of rotatable bonds is 7. The quantitative estimate of drug-likeness (QED) is 0.638. The number of aryl methyl sites for hydroxylation is 1. The predicted molar refractivity (Wildman–Crippen MR) is 110 cm³/mol. The minimum absolute atomic E-state index is 0.00561. The second kappa shape index (κ2) is 9.16. The molecule has 1 aromatic heterocycles. The van der Waals surface area contributed by atoms with E-state index in [4.69, 9.17) is 4.74 Å². The molecule has 0 unspecified atom stereocenters. The maximum absolute atomic E-state index is 12.4. The van der Waals surface area contributed by atoms with Gasteiger partial charge in [-0.25, -0.2) is 4.79 Å². The number of benzene rings is 2. The lowest BCUT2D eigenvalue weighted by Gasteiger charge is -2.25. The summed E-state index contributed by atoms with van der Waals surface area (Å²) in [7, 11) is 5.59. The summed E-state index contributed by atoms with van der Waals surface area (Å²) >= 11 is 0. The Morgan fingerprint density at radius 2 is 2.00 bits per heavy atom. The van der Waals surface area contributed by atoms with E-state index in [9.17, 15) is 4.79 Å². The molecule has 0 bridgehead atoms. The van der Waals surface area contributed by atoms with Gasteiger partial charge in [-0.1, -0.05) is 18.2 Å². The molecule has 0 radical (unpaired) electrons. The third-order valence-corrected chi connectivity index (χ3v) is 4.53. The van der Waals surface area contributed by atoms with E-state index in [1.165, 1.54) is 0 Å². The van der Waals surface area contributed by atoms with Gasteiger partial charge >= 0.3 is 6.03 Å². The zero-order valence-corrected chi connectivity index (χ0v) is 17.0. The van der Waals surface area contributed by atoms with Crippen molar-refractivity contribution in [2.75, 3.05) is 33.1 Å². The second-order valence-electron chi connectivity index (χ2n) is 6.78. The molecule has 1 atom stereocenters. The molecule has 2 N–H and O–H groups in total. The monoisotopic (exact) mass is 395 g/mol. The molecule has 9 heteroatoms. The van der Waals surface area contributed by atoms with Gasteiger partial charge in [-0.15, -0.1) is 5.10 Å². The zero-order chi connectivity index (χ0) is 20.8. The van der Waals surface area contributed by atoms with Crippen molar-refractivity contribution >= 4 is 11.7 Å². The number of hydrogen-bond donors (Lipinski definition) is 2. The van der Waals surface area contributed by atoms with Crippen molar-refractivity contribution in [3.05, 3.63) is 59.9 Å². The van der Waals surface area contributed by atoms with Crippen LogP contribution in [0.25, 0.3) is 5.69 Å². The fraction of sp³-hybridized carbons (Fsp3) is 0.300. The highest BCUT2D eigenvalue weighted by atomic mass is 16.5. The number of carbonyl (C=O) groups excluding carboxylic acids is 1. The first-order valence-corrected chi connectivity index (χ1v) is 9.18. The molecule has 0 aliphatic carbocycles. The molecule has 29 heavy (non-hydrogen) atoms. The Kier molecular flexibility index (Phi) is 6.40. The first-order valence-electron chi connectivity index (χ1n) is 9.18. The van der Waals surface area contributed by atoms with Gasteiger partial charge in [-0.3, -0.25) is 0 Å². The highest BCUT2D eigenvalue weighted by Crippen LogP contribution is 2.22. The smallest absolute Gasteiger partial charge is 0.319 e. The third kappa shape index (κ3) is 5.08. The number of carbonyl (C=O) groups is 1. The van der Waals surface area contributed by atoms with Gasteiger partial charge in [0, 0.05) is 12.2 Å². The zero-order valence-electron chi connectivity index (χ0n) is 17.0. The molecule has 2 amide bonds. The van der Waals surface area contributed by atoms with E-state index in [-0.39, 0.29) is 12.1 Å². The molecule has 3 rings (SSSR count). The highest BCUT2D eigenvalue weighted by Gasteiger charge is 2.16. The molecule has 0 saturated heterocycles. The molecule has 0 saturated carbocycles. The van der Waals surface area contributed by atoms with Crippen LogP contribution in [0.15, 0.2) is 48.5 Å². The van der Waals surface area contributed by atoms with Gasteiger partial charge in [0.25, 0.3) is 0 Å². The van der Waals surface area contributed by atoms with Crippen LogP contribution in [0.2, 0.25) is 0 Å². The molecular weight excluding hydrogens is 370 g/mol. The Labute approximate surface area is 169 Å². The van der Waals surface area contributed by atoms with E-state index in [0.29, 0.717) is 18.1 Å². The van der Waals surface area contributed by atoms with Crippen molar-refractivity contribution in [1.29, 1.82) is 0 Å². The van der Waals surface area contributed by atoms with Crippen molar-refractivity contribution in [3.63, 3.8) is 0 Å². The summed E-state index contributed by atoms with van der Waals surface area (Å²) in [6, 6.07) is 14.9. The third-order valence-electron chi connectivity index (χ3n) is 4.53. The lowest BCUT2D eigenvalue weighted by molar-refractivity contribution is 0.243. The molecule has 0 fully saturated rings. The Morgan fingerprint density at radius 1 is 1.21 bits per heavy atom. The van der Waals surface area contributed by atoms with Crippen LogP contribution in [0.1, 0.15) is 17.4 Å². The van der Waals surface area contributed by atoms with Crippen LogP contribution in [0.5, 0.6) is 5.75 Å². The Morgan fingerprint density at radius 3 is 2.69 bits per heavy atom. The van der Waals surface area contributed by atoms with Crippen molar-refractivity contribution in [3.8, 4) is 11.4 Å². The SMILES string of the molecule is COc1cccc([C@H](CNC(=O)Nc2cccc(-n3nnnc3C)c2)N(C)C)c1. The van der Waals surface area contributed by atoms with E-state index >= 15 is 0 Å². The Hall–Kier alpha value is -3.46. The number of methoxy groups -OCH3 is 1. The molecule has 0 aliphatic heterocycles. The van der Waals surface area contributed by atoms with Crippen LogP contribution in [0, 0.1) is 6.92 Å². The van der Waals surface area contributed by atoms with Crippen molar-refractivity contribution in [1.82, 2.24) is 30.4 Å². The summed E-state index contributed by atoms with van der Waals surface area (Å²) in [6.07, 6.45) is 0. The number of nitrogens with zero attached hydrogens (tertiary/aromatic N) is 5. The van der Waals surface area contributed by atoms with Crippen molar-refractivity contribution < 1.29 is 9.53 Å². The number of anilines is 1. The van der Waals surface area contributed by atoms with Crippen LogP contribution in [-0.4, -0.2) is 58.9 Å². The fourth-order valence-electron chi connectivity index (χ4n) is 3.00. The molecule has 0 aliphatic rings. The number of tetrazole rings is 1. The van der Waals surface area contributed by atoms with E-state index in [2.05, 4.69) is 31.1 Å². The number of aromatic nitrogens is 4. The number of likely N-dealkylation sites (N-methyl/N-ethyl adjacent to an activating group) is 1.